The Balaban J connectivity index is 1.80. The van der Waals surface area contributed by atoms with Gasteiger partial charge in [-0.05, 0) is 32.4 Å². The minimum absolute atomic E-state index is 0.531. The largest absolute Gasteiger partial charge is 0.381 e. The molecule has 1 fully saturated rings. The Morgan fingerprint density at radius 3 is 2.69 bits per heavy atom. The Bertz CT molecular complexity index is 133. The van der Waals surface area contributed by atoms with E-state index in [0.29, 0.717) is 13.0 Å². The Kier molecular flexibility index (Phi) is 5.78. The van der Waals surface area contributed by atoms with Crippen LogP contribution in [-0.4, -0.2) is 44.0 Å². The molecule has 0 aromatic rings. The van der Waals surface area contributed by atoms with E-state index in [4.69, 9.17) is 4.74 Å². The van der Waals surface area contributed by atoms with Gasteiger partial charge in [0.2, 0.25) is 0 Å². The lowest BCUT2D eigenvalue weighted by Gasteiger charge is -2.13. The fourth-order valence-electron chi connectivity index (χ4n) is 1.63. The van der Waals surface area contributed by atoms with Crippen molar-refractivity contribution in [3.8, 4) is 0 Å². The number of ether oxygens (including phenoxy) is 1. The molecule has 0 radical (unpaired) electrons. The first kappa shape index (κ1) is 10.7. The maximum Gasteiger partial charge on any atom is 0.122 e. The molecule has 1 saturated heterocycles. The molecule has 1 aliphatic heterocycles. The van der Waals surface area contributed by atoms with Crippen molar-refractivity contribution in [2.45, 2.75) is 25.7 Å². The summed E-state index contributed by atoms with van der Waals surface area (Å²) in [5, 5.41) is 0. The van der Waals surface area contributed by atoms with E-state index in [1.165, 1.54) is 25.9 Å². The van der Waals surface area contributed by atoms with Gasteiger partial charge in [0.1, 0.15) is 6.29 Å². The number of nitrogens with zero attached hydrogens (tertiary/aromatic N) is 1. The van der Waals surface area contributed by atoms with Crippen LogP contribution in [0.3, 0.4) is 0 Å². The summed E-state index contributed by atoms with van der Waals surface area (Å²) in [6.07, 6.45) is 5.24. The molecule has 0 aromatic carbocycles. The standard InChI is InChI=1S/C10H19NO2/c12-8-4-10-13-9-3-7-11-5-1-2-6-11/h8H,1-7,9-10H2. The van der Waals surface area contributed by atoms with Gasteiger partial charge in [-0.2, -0.15) is 0 Å². The fourth-order valence-corrected chi connectivity index (χ4v) is 1.63. The molecule has 3 nitrogen and oxygen atoms in total. The molecule has 0 unspecified atom stereocenters. The summed E-state index contributed by atoms with van der Waals surface area (Å²) in [7, 11) is 0. The van der Waals surface area contributed by atoms with Crippen molar-refractivity contribution in [3.63, 3.8) is 0 Å². The Labute approximate surface area is 80.1 Å². The normalized spacial score (nSPS) is 17.8. The molecule has 0 N–H and O–H groups in total. The van der Waals surface area contributed by atoms with Crippen LogP contribution in [-0.2, 0) is 9.53 Å². The van der Waals surface area contributed by atoms with Gasteiger partial charge in [-0.25, -0.2) is 0 Å². The number of hydrogen-bond donors (Lipinski definition) is 0. The molecule has 1 heterocycles. The Morgan fingerprint density at radius 2 is 2.00 bits per heavy atom. The number of aldehydes is 1. The highest BCUT2D eigenvalue weighted by Crippen LogP contribution is 2.07. The maximum atomic E-state index is 9.96. The monoisotopic (exact) mass is 185 g/mol. The molecule has 0 aromatic heterocycles. The number of carbonyl (C=O) groups excluding carboxylic acids is 1. The van der Waals surface area contributed by atoms with Crippen LogP contribution in [0.1, 0.15) is 25.7 Å². The third-order valence-corrected chi connectivity index (χ3v) is 2.34. The van der Waals surface area contributed by atoms with Crippen LogP contribution in [0.2, 0.25) is 0 Å². The van der Waals surface area contributed by atoms with Crippen molar-refractivity contribution in [1.29, 1.82) is 0 Å². The predicted octanol–water partition coefficient (Wildman–Crippen LogP) is 1.08. The molecular formula is C10H19NO2. The van der Waals surface area contributed by atoms with Crippen LogP contribution in [0, 0.1) is 0 Å². The minimum Gasteiger partial charge on any atom is -0.381 e. The van der Waals surface area contributed by atoms with E-state index in [9.17, 15) is 4.79 Å². The first-order valence-corrected chi connectivity index (χ1v) is 5.17. The third kappa shape index (κ3) is 5.01. The van der Waals surface area contributed by atoms with Crippen LogP contribution in [0.4, 0.5) is 0 Å². The molecule has 0 atom stereocenters. The average molecular weight is 185 g/mol. The molecule has 1 rings (SSSR count). The van der Waals surface area contributed by atoms with Crippen molar-refractivity contribution in [3.05, 3.63) is 0 Å². The van der Waals surface area contributed by atoms with Gasteiger partial charge in [-0.15, -0.1) is 0 Å². The molecule has 1 aliphatic rings. The molecule has 76 valence electrons. The number of carbonyl (C=O) groups is 1. The van der Waals surface area contributed by atoms with Crippen LogP contribution >= 0.6 is 0 Å². The summed E-state index contributed by atoms with van der Waals surface area (Å²) < 4.78 is 5.28. The summed E-state index contributed by atoms with van der Waals surface area (Å²) in [5.41, 5.74) is 0. The van der Waals surface area contributed by atoms with Gasteiger partial charge in [0.25, 0.3) is 0 Å². The summed E-state index contributed by atoms with van der Waals surface area (Å²) in [5.74, 6) is 0. The maximum absolute atomic E-state index is 9.96. The van der Waals surface area contributed by atoms with E-state index in [2.05, 4.69) is 4.90 Å². The summed E-state index contributed by atoms with van der Waals surface area (Å²) in [6, 6.07) is 0. The zero-order valence-electron chi connectivity index (χ0n) is 8.21. The van der Waals surface area contributed by atoms with Crippen LogP contribution in [0.15, 0.2) is 0 Å². The zero-order valence-corrected chi connectivity index (χ0v) is 8.21. The van der Waals surface area contributed by atoms with Gasteiger partial charge in [-0.1, -0.05) is 0 Å². The van der Waals surface area contributed by atoms with E-state index >= 15 is 0 Å². The molecule has 0 aliphatic carbocycles. The molecule has 0 bridgehead atoms. The minimum atomic E-state index is 0.531. The second-order valence-corrected chi connectivity index (χ2v) is 3.47. The third-order valence-electron chi connectivity index (χ3n) is 2.34. The van der Waals surface area contributed by atoms with Crippen molar-refractivity contribution in [2.75, 3.05) is 32.8 Å². The average Bonchev–Trinajstić information content (AvgIpc) is 2.63. The van der Waals surface area contributed by atoms with Gasteiger partial charge in [0.05, 0.1) is 6.61 Å². The highest BCUT2D eigenvalue weighted by molar-refractivity contribution is 5.49. The fraction of sp³-hybridized carbons (Fsp3) is 0.900. The van der Waals surface area contributed by atoms with Gasteiger partial charge < -0.3 is 14.4 Å². The first-order chi connectivity index (χ1) is 6.43. The van der Waals surface area contributed by atoms with Crippen LogP contribution in [0.25, 0.3) is 0 Å². The van der Waals surface area contributed by atoms with Crippen molar-refractivity contribution >= 4 is 6.29 Å². The number of likely N-dealkylation sites (tertiary alicyclic amines) is 1. The van der Waals surface area contributed by atoms with Gasteiger partial charge in [0.15, 0.2) is 0 Å². The van der Waals surface area contributed by atoms with E-state index in [-0.39, 0.29) is 0 Å². The highest BCUT2D eigenvalue weighted by Gasteiger charge is 2.09. The van der Waals surface area contributed by atoms with Gasteiger partial charge in [-0.3, -0.25) is 0 Å². The molecule has 0 saturated carbocycles. The Hall–Kier alpha value is -0.410. The van der Waals surface area contributed by atoms with Crippen molar-refractivity contribution in [1.82, 2.24) is 4.90 Å². The van der Waals surface area contributed by atoms with E-state index < -0.39 is 0 Å². The van der Waals surface area contributed by atoms with Crippen LogP contribution in [0.5, 0.6) is 0 Å². The van der Waals surface area contributed by atoms with Gasteiger partial charge in [0, 0.05) is 19.6 Å². The van der Waals surface area contributed by atoms with E-state index in [1.54, 1.807) is 0 Å². The second-order valence-electron chi connectivity index (χ2n) is 3.47. The van der Waals surface area contributed by atoms with Crippen LogP contribution < -0.4 is 0 Å². The molecule has 0 spiro atoms. The molecule has 13 heavy (non-hydrogen) atoms. The molecule has 3 heteroatoms. The smallest absolute Gasteiger partial charge is 0.122 e. The summed E-state index contributed by atoms with van der Waals surface area (Å²) in [6.45, 7) is 5.05. The predicted molar refractivity (Wildman–Crippen MR) is 51.8 cm³/mol. The first-order valence-electron chi connectivity index (χ1n) is 5.17. The second kappa shape index (κ2) is 7.04. The Morgan fingerprint density at radius 1 is 1.23 bits per heavy atom. The molecule has 0 amide bonds. The lowest BCUT2D eigenvalue weighted by atomic mass is 10.4. The molecular weight excluding hydrogens is 166 g/mol. The summed E-state index contributed by atoms with van der Waals surface area (Å²) >= 11 is 0. The highest BCUT2D eigenvalue weighted by atomic mass is 16.5. The zero-order chi connectivity index (χ0) is 9.36. The van der Waals surface area contributed by atoms with E-state index in [0.717, 1.165) is 25.9 Å². The van der Waals surface area contributed by atoms with Crippen molar-refractivity contribution in [2.24, 2.45) is 0 Å². The number of hydrogen-bond acceptors (Lipinski definition) is 3. The summed E-state index contributed by atoms with van der Waals surface area (Å²) in [4.78, 5) is 12.4. The topological polar surface area (TPSA) is 29.5 Å². The lowest BCUT2D eigenvalue weighted by molar-refractivity contribution is -0.108. The SMILES string of the molecule is O=CCCOCCCN1CCCC1. The lowest BCUT2D eigenvalue weighted by Crippen LogP contribution is -2.21. The van der Waals surface area contributed by atoms with Crippen molar-refractivity contribution < 1.29 is 9.53 Å². The van der Waals surface area contributed by atoms with Gasteiger partial charge >= 0.3 is 0 Å². The number of rotatable bonds is 7. The van der Waals surface area contributed by atoms with E-state index in [1.807, 2.05) is 0 Å². The quantitative estimate of drug-likeness (QED) is 0.439.